The number of aryl methyl sites for hydroxylation is 1. The average Bonchev–Trinajstić information content (AvgIpc) is 2.47. The SMILES string of the molecule is COC(=O)C1=C(C(C)=O)[C@@H](c2ccc(F)c(C)c2)NC(=S)N1. The molecule has 0 fully saturated rings. The Balaban J connectivity index is 2.60. The Labute approximate surface area is 132 Å². The zero-order valence-corrected chi connectivity index (χ0v) is 13.1. The second-order valence-corrected chi connectivity index (χ2v) is 5.28. The summed E-state index contributed by atoms with van der Waals surface area (Å²) in [6.07, 6.45) is 0. The Hall–Kier alpha value is -2.28. The number of nitrogens with one attached hydrogen (secondary N) is 2. The van der Waals surface area contributed by atoms with Gasteiger partial charge in [0.05, 0.1) is 18.7 Å². The van der Waals surface area contributed by atoms with E-state index in [9.17, 15) is 14.0 Å². The molecule has 1 aromatic rings. The van der Waals surface area contributed by atoms with Gasteiger partial charge in [0.1, 0.15) is 11.5 Å². The molecule has 1 aromatic carbocycles. The van der Waals surface area contributed by atoms with E-state index in [0.717, 1.165) is 0 Å². The molecule has 22 heavy (non-hydrogen) atoms. The fourth-order valence-electron chi connectivity index (χ4n) is 2.30. The minimum Gasteiger partial charge on any atom is -0.464 e. The number of methoxy groups -OCH3 is 1. The molecule has 5 nitrogen and oxygen atoms in total. The number of carbonyl (C=O) groups excluding carboxylic acids is 2. The first-order valence-electron chi connectivity index (χ1n) is 6.52. The van der Waals surface area contributed by atoms with Crippen molar-refractivity contribution in [3.8, 4) is 0 Å². The number of esters is 1. The van der Waals surface area contributed by atoms with Crippen LogP contribution in [0.4, 0.5) is 4.39 Å². The molecule has 0 unspecified atom stereocenters. The van der Waals surface area contributed by atoms with Gasteiger partial charge in [0.15, 0.2) is 10.9 Å². The van der Waals surface area contributed by atoms with Crippen LogP contribution in [0.2, 0.25) is 0 Å². The summed E-state index contributed by atoms with van der Waals surface area (Å²) in [5.41, 5.74) is 1.28. The largest absolute Gasteiger partial charge is 0.464 e. The standard InChI is InChI=1S/C15H15FN2O3S/c1-7-6-9(4-5-10(7)16)12-11(8(2)19)13(14(20)21-3)18-15(22)17-12/h4-6,12H,1-3H3,(H2,17,18,22)/t12-/m1/s1. The van der Waals surface area contributed by atoms with Crippen LogP contribution < -0.4 is 10.6 Å². The number of rotatable bonds is 3. The first kappa shape index (κ1) is 16.1. The number of Topliss-reactive ketones (excluding diaryl/α,β-unsaturated/α-hetero) is 1. The van der Waals surface area contributed by atoms with Crippen LogP contribution in [0.15, 0.2) is 29.5 Å². The molecule has 0 aromatic heterocycles. The zero-order valence-electron chi connectivity index (χ0n) is 12.3. The maximum absolute atomic E-state index is 13.4. The van der Waals surface area contributed by atoms with Gasteiger partial charge in [-0.3, -0.25) is 4.79 Å². The molecule has 2 N–H and O–H groups in total. The summed E-state index contributed by atoms with van der Waals surface area (Å²) in [7, 11) is 1.22. The number of ether oxygens (including phenoxy) is 1. The fourth-order valence-corrected chi connectivity index (χ4v) is 2.52. The van der Waals surface area contributed by atoms with Crippen molar-refractivity contribution in [1.82, 2.24) is 10.6 Å². The van der Waals surface area contributed by atoms with Crippen molar-refractivity contribution < 1.29 is 18.7 Å². The number of halogens is 1. The first-order chi connectivity index (χ1) is 10.3. The normalized spacial score (nSPS) is 17.6. The van der Waals surface area contributed by atoms with E-state index in [1.807, 2.05) is 0 Å². The lowest BCUT2D eigenvalue weighted by Gasteiger charge is -2.30. The average molecular weight is 322 g/mol. The lowest BCUT2D eigenvalue weighted by atomic mass is 9.92. The van der Waals surface area contributed by atoms with Gasteiger partial charge in [0.2, 0.25) is 0 Å². The van der Waals surface area contributed by atoms with Crippen LogP contribution in [0, 0.1) is 12.7 Å². The van der Waals surface area contributed by atoms with Crippen LogP contribution in [0.25, 0.3) is 0 Å². The third kappa shape index (κ3) is 2.99. The molecule has 1 atom stereocenters. The summed E-state index contributed by atoms with van der Waals surface area (Å²) in [5.74, 6) is -1.34. The summed E-state index contributed by atoms with van der Waals surface area (Å²) < 4.78 is 18.1. The van der Waals surface area contributed by atoms with Crippen LogP contribution in [0.1, 0.15) is 24.1 Å². The Kier molecular flexibility index (Phi) is 4.56. The third-order valence-corrected chi connectivity index (χ3v) is 3.58. The van der Waals surface area contributed by atoms with Crippen LogP contribution in [0.5, 0.6) is 0 Å². The van der Waals surface area contributed by atoms with Gasteiger partial charge in [-0.25, -0.2) is 9.18 Å². The van der Waals surface area contributed by atoms with Crippen LogP contribution in [-0.4, -0.2) is 24.0 Å². The number of hydrogen-bond acceptors (Lipinski definition) is 4. The predicted molar refractivity (Wildman–Crippen MR) is 82.5 cm³/mol. The number of hydrogen-bond donors (Lipinski definition) is 2. The summed E-state index contributed by atoms with van der Waals surface area (Å²) in [5, 5.41) is 5.78. The molecule has 116 valence electrons. The summed E-state index contributed by atoms with van der Waals surface area (Å²) in [4.78, 5) is 23.9. The molecular weight excluding hydrogens is 307 g/mol. The monoisotopic (exact) mass is 322 g/mol. The topological polar surface area (TPSA) is 67.4 Å². The Morgan fingerprint density at radius 3 is 2.59 bits per heavy atom. The van der Waals surface area contributed by atoms with E-state index in [1.165, 1.54) is 20.1 Å². The Morgan fingerprint density at radius 1 is 1.36 bits per heavy atom. The van der Waals surface area contributed by atoms with Crippen molar-refractivity contribution >= 4 is 29.1 Å². The van der Waals surface area contributed by atoms with E-state index in [2.05, 4.69) is 15.4 Å². The number of carbonyl (C=O) groups is 2. The van der Waals surface area contributed by atoms with Crippen molar-refractivity contribution in [3.63, 3.8) is 0 Å². The Bertz CT molecular complexity index is 700. The zero-order chi connectivity index (χ0) is 16.4. The van der Waals surface area contributed by atoms with Crippen LogP contribution >= 0.6 is 12.2 Å². The molecule has 7 heteroatoms. The number of thiocarbonyl (C=S) groups is 1. The van der Waals surface area contributed by atoms with E-state index in [1.54, 1.807) is 19.1 Å². The van der Waals surface area contributed by atoms with E-state index >= 15 is 0 Å². The molecule has 0 spiro atoms. The second-order valence-electron chi connectivity index (χ2n) is 4.88. The molecule has 1 aliphatic heterocycles. The van der Waals surface area contributed by atoms with E-state index in [4.69, 9.17) is 12.2 Å². The highest BCUT2D eigenvalue weighted by atomic mass is 32.1. The van der Waals surface area contributed by atoms with Crippen molar-refractivity contribution in [2.75, 3.05) is 7.11 Å². The number of benzene rings is 1. The molecule has 0 saturated heterocycles. The van der Waals surface area contributed by atoms with E-state index < -0.39 is 12.0 Å². The third-order valence-electron chi connectivity index (χ3n) is 3.36. The number of ketones is 1. The highest BCUT2D eigenvalue weighted by molar-refractivity contribution is 7.80. The Morgan fingerprint density at radius 2 is 2.05 bits per heavy atom. The summed E-state index contributed by atoms with van der Waals surface area (Å²) in [6.45, 7) is 2.97. The molecule has 0 radical (unpaired) electrons. The van der Waals surface area contributed by atoms with Gasteiger partial charge in [0, 0.05) is 0 Å². The van der Waals surface area contributed by atoms with Crippen molar-refractivity contribution in [2.24, 2.45) is 0 Å². The lowest BCUT2D eigenvalue weighted by molar-refractivity contribution is -0.136. The van der Waals surface area contributed by atoms with E-state index in [-0.39, 0.29) is 28.0 Å². The maximum Gasteiger partial charge on any atom is 0.355 e. The molecule has 0 aliphatic carbocycles. The van der Waals surface area contributed by atoms with Crippen molar-refractivity contribution in [3.05, 3.63) is 46.4 Å². The minimum atomic E-state index is -0.683. The van der Waals surface area contributed by atoms with Gasteiger partial charge in [0.25, 0.3) is 0 Å². The van der Waals surface area contributed by atoms with Gasteiger partial charge >= 0.3 is 5.97 Å². The predicted octanol–water partition coefficient (Wildman–Crippen LogP) is 1.67. The van der Waals surface area contributed by atoms with E-state index in [0.29, 0.717) is 11.1 Å². The van der Waals surface area contributed by atoms with Gasteiger partial charge in [-0.15, -0.1) is 0 Å². The summed E-state index contributed by atoms with van der Waals surface area (Å²) in [6, 6.07) is 3.83. The molecule has 2 rings (SSSR count). The van der Waals surface area contributed by atoms with Gasteiger partial charge < -0.3 is 15.4 Å². The highest BCUT2D eigenvalue weighted by Gasteiger charge is 2.33. The summed E-state index contributed by atoms with van der Waals surface area (Å²) >= 11 is 5.08. The molecule has 1 heterocycles. The van der Waals surface area contributed by atoms with Crippen molar-refractivity contribution in [1.29, 1.82) is 0 Å². The molecule has 0 amide bonds. The molecule has 0 bridgehead atoms. The quantitative estimate of drug-likeness (QED) is 0.652. The van der Waals surface area contributed by atoms with Gasteiger partial charge in [-0.05, 0) is 43.3 Å². The van der Waals surface area contributed by atoms with Crippen molar-refractivity contribution in [2.45, 2.75) is 19.9 Å². The lowest BCUT2D eigenvalue weighted by Crippen LogP contribution is -2.47. The first-order valence-corrected chi connectivity index (χ1v) is 6.93. The molecule has 1 aliphatic rings. The van der Waals surface area contributed by atoms with Gasteiger partial charge in [-0.2, -0.15) is 0 Å². The second kappa shape index (κ2) is 6.23. The molecular formula is C15H15FN2O3S. The molecule has 0 saturated carbocycles. The van der Waals surface area contributed by atoms with Crippen LogP contribution in [0.3, 0.4) is 0 Å². The van der Waals surface area contributed by atoms with Gasteiger partial charge in [-0.1, -0.05) is 12.1 Å². The minimum absolute atomic E-state index is 0.00530. The highest BCUT2D eigenvalue weighted by Crippen LogP contribution is 2.28. The van der Waals surface area contributed by atoms with Crippen LogP contribution in [-0.2, 0) is 14.3 Å². The smallest absolute Gasteiger partial charge is 0.355 e. The fraction of sp³-hybridized carbons (Fsp3) is 0.267. The maximum atomic E-state index is 13.4.